The fourth-order valence-corrected chi connectivity index (χ4v) is 3.29. The van der Waals surface area contributed by atoms with Gasteiger partial charge in [-0.1, -0.05) is 25.1 Å². The molecule has 0 unspecified atom stereocenters. The van der Waals surface area contributed by atoms with Crippen molar-refractivity contribution >= 4 is 17.9 Å². The lowest BCUT2D eigenvalue weighted by atomic mass is 10.2. The number of ether oxygens (including phenoxy) is 1. The number of hydrogen-bond acceptors (Lipinski definition) is 5. The zero-order valence-corrected chi connectivity index (χ0v) is 16.6. The van der Waals surface area contributed by atoms with E-state index in [0.717, 1.165) is 25.3 Å². The maximum absolute atomic E-state index is 12.1. The highest BCUT2D eigenvalue weighted by Crippen LogP contribution is 2.19. The van der Waals surface area contributed by atoms with Crippen LogP contribution >= 0.6 is 11.8 Å². The molecule has 0 saturated heterocycles. The number of alkyl carbamates (subject to hydrolysis) is 1. The number of carbonyl (C=O) groups excluding carboxylic acids is 1. The minimum atomic E-state index is -0.506. The molecule has 1 aromatic rings. The molecule has 0 aliphatic heterocycles. The number of amides is 1. The molecular formula is C19H32N2O3S. The number of aliphatic hydroxyl groups excluding tert-OH is 1. The van der Waals surface area contributed by atoms with Crippen LogP contribution in [0.5, 0.6) is 0 Å². The predicted molar refractivity (Wildman–Crippen MR) is 104 cm³/mol. The highest BCUT2D eigenvalue weighted by atomic mass is 32.2. The molecule has 142 valence electrons. The summed E-state index contributed by atoms with van der Waals surface area (Å²) in [5.41, 5.74) is -0.506. The zero-order valence-electron chi connectivity index (χ0n) is 15.8. The monoisotopic (exact) mass is 368 g/mol. The molecule has 1 aromatic carbocycles. The molecule has 6 heteroatoms. The quantitative estimate of drug-likeness (QED) is 0.620. The van der Waals surface area contributed by atoms with Crippen LogP contribution in [0.2, 0.25) is 0 Å². The molecule has 25 heavy (non-hydrogen) atoms. The summed E-state index contributed by atoms with van der Waals surface area (Å²) in [6.07, 6.45) is 0.434. The second kappa shape index (κ2) is 11.4. The van der Waals surface area contributed by atoms with E-state index >= 15 is 0 Å². The van der Waals surface area contributed by atoms with Crippen molar-refractivity contribution in [1.82, 2.24) is 10.2 Å². The third kappa shape index (κ3) is 10.4. The highest BCUT2D eigenvalue weighted by molar-refractivity contribution is 7.99. The summed E-state index contributed by atoms with van der Waals surface area (Å²) in [7, 11) is 0. The van der Waals surface area contributed by atoms with Crippen LogP contribution in [0, 0.1) is 0 Å². The largest absolute Gasteiger partial charge is 0.444 e. The third-order valence-electron chi connectivity index (χ3n) is 3.57. The first-order valence-electron chi connectivity index (χ1n) is 8.84. The number of likely N-dealkylation sites (N-methyl/N-ethyl adjacent to an activating group) is 1. The number of rotatable bonds is 10. The van der Waals surface area contributed by atoms with Crippen molar-refractivity contribution in [2.45, 2.75) is 50.7 Å². The average molecular weight is 369 g/mol. The lowest BCUT2D eigenvalue weighted by Gasteiger charge is -2.26. The summed E-state index contributed by atoms with van der Waals surface area (Å²) in [5, 5.41) is 12.1. The van der Waals surface area contributed by atoms with Crippen LogP contribution in [0.1, 0.15) is 34.1 Å². The van der Waals surface area contributed by atoms with Crippen molar-refractivity contribution in [3.05, 3.63) is 30.3 Å². The molecule has 1 atom stereocenters. The minimum absolute atomic E-state index is 0.00722. The van der Waals surface area contributed by atoms with Gasteiger partial charge < -0.3 is 20.1 Å². The lowest BCUT2D eigenvalue weighted by Crippen LogP contribution is -2.42. The smallest absolute Gasteiger partial charge is 0.407 e. The summed E-state index contributed by atoms with van der Waals surface area (Å²) >= 11 is 1.72. The standard InChI is InChI=1S/C19H32N2O3S/c1-5-21(13-14-22)12-11-16(20-18(23)24-19(2,3)4)15-25-17-9-7-6-8-10-17/h6-10,16,22H,5,11-15H2,1-4H3,(H,20,23)/t16-/m1/s1. The number of nitrogens with one attached hydrogen (secondary N) is 1. The number of benzene rings is 1. The summed E-state index contributed by atoms with van der Waals surface area (Å²) < 4.78 is 5.39. The number of nitrogens with zero attached hydrogens (tertiary/aromatic N) is 1. The SMILES string of the molecule is CCN(CCO)CC[C@H](CSc1ccccc1)NC(=O)OC(C)(C)C. The van der Waals surface area contributed by atoms with Gasteiger partial charge in [0.05, 0.1) is 6.61 Å². The van der Waals surface area contributed by atoms with Crippen LogP contribution in [0.25, 0.3) is 0 Å². The molecule has 0 spiro atoms. The first kappa shape index (κ1) is 21.8. The molecule has 0 radical (unpaired) electrons. The number of carbonyl (C=O) groups is 1. The highest BCUT2D eigenvalue weighted by Gasteiger charge is 2.20. The van der Waals surface area contributed by atoms with Gasteiger partial charge in [0.25, 0.3) is 0 Å². The molecule has 0 fully saturated rings. The molecule has 0 saturated carbocycles. The molecule has 1 amide bonds. The Morgan fingerprint density at radius 1 is 1.28 bits per heavy atom. The first-order valence-corrected chi connectivity index (χ1v) is 9.83. The van der Waals surface area contributed by atoms with Crippen LogP contribution < -0.4 is 5.32 Å². The fourth-order valence-electron chi connectivity index (χ4n) is 2.29. The van der Waals surface area contributed by atoms with Gasteiger partial charge in [0.1, 0.15) is 5.60 Å². The number of thioether (sulfide) groups is 1. The molecule has 5 nitrogen and oxygen atoms in total. The minimum Gasteiger partial charge on any atom is -0.444 e. The lowest BCUT2D eigenvalue weighted by molar-refractivity contribution is 0.0504. The Balaban J connectivity index is 2.60. The Morgan fingerprint density at radius 2 is 1.96 bits per heavy atom. The third-order valence-corrected chi connectivity index (χ3v) is 4.75. The molecular weight excluding hydrogens is 336 g/mol. The summed E-state index contributed by atoms with van der Waals surface area (Å²) in [6, 6.07) is 10.2. The van der Waals surface area contributed by atoms with Crippen LogP contribution in [0.4, 0.5) is 4.79 Å². The average Bonchev–Trinajstić information content (AvgIpc) is 2.55. The van der Waals surface area contributed by atoms with Gasteiger partial charge in [-0.25, -0.2) is 4.79 Å². The van der Waals surface area contributed by atoms with Crippen molar-refractivity contribution in [3.8, 4) is 0 Å². The Kier molecular flexibility index (Phi) is 9.93. The molecule has 1 rings (SSSR count). The molecule has 2 N–H and O–H groups in total. The van der Waals surface area contributed by atoms with E-state index in [0.29, 0.717) is 6.54 Å². The van der Waals surface area contributed by atoms with Crippen molar-refractivity contribution in [2.75, 3.05) is 32.0 Å². The molecule has 0 aliphatic carbocycles. The van der Waals surface area contributed by atoms with Gasteiger partial charge >= 0.3 is 6.09 Å². The second-order valence-corrected chi connectivity index (χ2v) is 8.01. The normalized spacial score (nSPS) is 12.9. The maximum atomic E-state index is 12.1. The van der Waals surface area contributed by atoms with Gasteiger partial charge in [-0.3, -0.25) is 0 Å². The van der Waals surface area contributed by atoms with E-state index in [2.05, 4.69) is 29.3 Å². The van der Waals surface area contributed by atoms with Gasteiger partial charge in [-0.2, -0.15) is 0 Å². The van der Waals surface area contributed by atoms with E-state index in [9.17, 15) is 4.79 Å². The predicted octanol–water partition coefficient (Wildman–Crippen LogP) is 3.38. The maximum Gasteiger partial charge on any atom is 0.407 e. The molecule has 0 heterocycles. The summed E-state index contributed by atoms with van der Waals surface area (Å²) in [6.45, 7) is 10.2. The van der Waals surface area contributed by atoms with E-state index in [1.165, 1.54) is 4.90 Å². The van der Waals surface area contributed by atoms with Crippen LogP contribution in [-0.4, -0.2) is 59.7 Å². The fraction of sp³-hybridized carbons (Fsp3) is 0.632. The van der Waals surface area contributed by atoms with E-state index in [1.807, 2.05) is 39.0 Å². The molecule has 0 aromatic heterocycles. The second-order valence-electron chi connectivity index (χ2n) is 6.91. The summed E-state index contributed by atoms with van der Waals surface area (Å²) in [5.74, 6) is 0.778. The van der Waals surface area contributed by atoms with Crippen LogP contribution in [-0.2, 0) is 4.74 Å². The first-order chi connectivity index (χ1) is 11.8. The Morgan fingerprint density at radius 3 is 2.52 bits per heavy atom. The Hall–Kier alpha value is -1.24. The van der Waals surface area contributed by atoms with E-state index < -0.39 is 5.60 Å². The van der Waals surface area contributed by atoms with Crippen LogP contribution in [0.15, 0.2) is 35.2 Å². The van der Waals surface area contributed by atoms with E-state index in [1.54, 1.807) is 11.8 Å². The van der Waals surface area contributed by atoms with Crippen molar-refractivity contribution in [1.29, 1.82) is 0 Å². The van der Waals surface area contributed by atoms with Gasteiger partial charge in [-0.05, 0) is 45.9 Å². The van der Waals surface area contributed by atoms with Gasteiger partial charge in [0.15, 0.2) is 0 Å². The molecule has 0 bridgehead atoms. The Labute approximate surface area is 156 Å². The molecule has 0 aliphatic rings. The van der Waals surface area contributed by atoms with Crippen molar-refractivity contribution in [3.63, 3.8) is 0 Å². The van der Waals surface area contributed by atoms with E-state index in [-0.39, 0.29) is 18.7 Å². The van der Waals surface area contributed by atoms with Gasteiger partial charge in [0, 0.05) is 29.8 Å². The van der Waals surface area contributed by atoms with Crippen molar-refractivity contribution in [2.24, 2.45) is 0 Å². The zero-order chi connectivity index (χ0) is 18.7. The number of aliphatic hydroxyl groups is 1. The Bertz CT molecular complexity index is 491. The van der Waals surface area contributed by atoms with Gasteiger partial charge in [-0.15, -0.1) is 11.8 Å². The van der Waals surface area contributed by atoms with Crippen LogP contribution in [0.3, 0.4) is 0 Å². The number of hydrogen-bond donors (Lipinski definition) is 2. The van der Waals surface area contributed by atoms with E-state index in [4.69, 9.17) is 9.84 Å². The van der Waals surface area contributed by atoms with Gasteiger partial charge in [0.2, 0.25) is 0 Å². The topological polar surface area (TPSA) is 61.8 Å². The van der Waals surface area contributed by atoms with Crippen molar-refractivity contribution < 1.29 is 14.6 Å². The summed E-state index contributed by atoms with van der Waals surface area (Å²) in [4.78, 5) is 15.5.